The molecule has 6 heteroatoms. The predicted octanol–water partition coefficient (Wildman–Crippen LogP) is 2.11. The van der Waals surface area contributed by atoms with Gasteiger partial charge in [0.2, 0.25) is 11.8 Å². The molecule has 0 unspecified atom stereocenters. The van der Waals surface area contributed by atoms with Crippen molar-refractivity contribution in [3.63, 3.8) is 0 Å². The zero-order chi connectivity index (χ0) is 19.9. The van der Waals surface area contributed by atoms with Crippen LogP contribution < -0.4 is 10.2 Å². The Bertz CT molecular complexity index is 772. The number of carbonyl (C=O) groups excluding carboxylic acids is 2. The van der Waals surface area contributed by atoms with Crippen LogP contribution in [0.2, 0.25) is 0 Å². The van der Waals surface area contributed by atoms with E-state index in [2.05, 4.69) is 15.2 Å². The van der Waals surface area contributed by atoms with Crippen LogP contribution in [0.3, 0.4) is 0 Å². The second kappa shape index (κ2) is 9.35. The van der Waals surface area contributed by atoms with Crippen molar-refractivity contribution >= 4 is 17.5 Å². The van der Waals surface area contributed by atoms with Gasteiger partial charge in [-0.25, -0.2) is 0 Å². The van der Waals surface area contributed by atoms with Gasteiger partial charge in [-0.1, -0.05) is 44.2 Å². The van der Waals surface area contributed by atoms with Crippen molar-refractivity contribution in [2.75, 3.05) is 31.1 Å². The van der Waals surface area contributed by atoms with E-state index < -0.39 is 6.04 Å². The van der Waals surface area contributed by atoms with Crippen LogP contribution in [0.1, 0.15) is 19.4 Å². The number of carbonyl (C=O) groups is 2. The fraction of sp³-hybridized carbons (Fsp3) is 0.409. The lowest BCUT2D eigenvalue weighted by molar-refractivity contribution is -0.137. The molecule has 0 bridgehead atoms. The average molecular weight is 380 g/mol. The van der Waals surface area contributed by atoms with Gasteiger partial charge in [0.05, 0.1) is 6.42 Å². The smallest absolute Gasteiger partial charge is 0.245 e. The van der Waals surface area contributed by atoms with Gasteiger partial charge < -0.3 is 15.1 Å². The summed E-state index contributed by atoms with van der Waals surface area (Å²) < 4.78 is 0. The molecular weight excluding hydrogens is 352 g/mol. The molecule has 148 valence electrons. The van der Waals surface area contributed by atoms with Gasteiger partial charge in [-0.15, -0.1) is 0 Å². The number of pyridine rings is 1. The van der Waals surface area contributed by atoms with E-state index in [-0.39, 0.29) is 24.2 Å². The van der Waals surface area contributed by atoms with Crippen LogP contribution in [0, 0.1) is 5.92 Å². The first-order valence-electron chi connectivity index (χ1n) is 9.81. The second-order valence-electron chi connectivity index (χ2n) is 7.47. The van der Waals surface area contributed by atoms with Crippen LogP contribution in [0.5, 0.6) is 0 Å². The van der Waals surface area contributed by atoms with Crippen LogP contribution in [0.15, 0.2) is 54.9 Å². The average Bonchev–Trinajstić information content (AvgIpc) is 2.73. The highest BCUT2D eigenvalue weighted by atomic mass is 16.2. The number of amides is 2. The van der Waals surface area contributed by atoms with Crippen molar-refractivity contribution in [3.05, 3.63) is 60.4 Å². The summed E-state index contributed by atoms with van der Waals surface area (Å²) in [5.41, 5.74) is 2.07. The first kappa shape index (κ1) is 19.9. The van der Waals surface area contributed by atoms with Gasteiger partial charge in [0.25, 0.3) is 0 Å². The third-order valence-electron chi connectivity index (χ3n) is 5.08. The van der Waals surface area contributed by atoms with Crippen molar-refractivity contribution in [2.24, 2.45) is 5.92 Å². The largest absolute Gasteiger partial charge is 0.368 e. The van der Waals surface area contributed by atoms with E-state index in [0.717, 1.165) is 24.3 Å². The molecule has 6 nitrogen and oxygen atoms in total. The number of aromatic nitrogens is 1. The van der Waals surface area contributed by atoms with Gasteiger partial charge in [0.1, 0.15) is 6.04 Å². The Morgan fingerprint density at radius 2 is 1.64 bits per heavy atom. The molecule has 1 aromatic carbocycles. The standard InChI is InChI=1S/C22H28N4O2/c1-17(2)21(24-20(27)16-18-6-4-3-5-7-18)22(28)26-14-12-25(13-15-26)19-8-10-23-11-9-19/h3-11,17,21H,12-16H2,1-2H3,(H,24,27)/t21-/m0/s1. The highest BCUT2D eigenvalue weighted by molar-refractivity contribution is 5.88. The normalized spacial score (nSPS) is 15.4. The fourth-order valence-electron chi connectivity index (χ4n) is 3.46. The maximum Gasteiger partial charge on any atom is 0.245 e. The molecule has 1 aliphatic rings. The number of rotatable bonds is 6. The number of anilines is 1. The Morgan fingerprint density at radius 1 is 1.00 bits per heavy atom. The van der Waals surface area contributed by atoms with Crippen molar-refractivity contribution in [3.8, 4) is 0 Å². The highest BCUT2D eigenvalue weighted by Crippen LogP contribution is 2.16. The number of hydrogen-bond acceptors (Lipinski definition) is 4. The van der Waals surface area contributed by atoms with Crippen molar-refractivity contribution in [1.82, 2.24) is 15.2 Å². The lowest BCUT2D eigenvalue weighted by Crippen LogP contribution is -2.56. The zero-order valence-electron chi connectivity index (χ0n) is 16.5. The van der Waals surface area contributed by atoms with Crippen molar-refractivity contribution < 1.29 is 9.59 Å². The van der Waals surface area contributed by atoms with Crippen LogP contribution in [0.25, 0.3) is 0 Å². The molecule has 0 saturated carbocycles. The van der Waals surface area contributed by atoms with E-state index in [4.69, 9.17) is 0 Å². The molecule has 1 saturated heterocycles. The third-order valence-corrected chi connectivity index (χ3v) is 5.08. The topological polar surface area (TPSA) is 65.5 Å². The van der Waals surface area contributed by atoms with E-state index in [9.17, 15) is 9.59 Å². The van der Waals surface area contributed by atoms with Gasteiger partial charge >= 0.3 is 0 Å². The van der Waals surface area contributed by atoms with E-state index in [1.54, 1.807) is 12.4 Å². The van der Waals surface area contributed by atoms with E-state index in [0.29, 0.717) is 13.1 Å². The Hall–Kier alpha value is -2.89. The maximum absolute atomic E-state index is 13.1. The molecule has 0 spiro atoms. The molecule has 2 amide bonds. The number of benzene rings is 1. The zero-order valence-corrected chi connectivity index (χ0v) is 16.5. The first-order chi connectivity index (χ1) is 13.5. The summed E-state index contributed by atoms with van der Waals surface area (Å²) in [7, 11) is 0. The van der Waals surface area contributed by atoms with Gasteiger partial charge in [-0.05, 0) is 23.6 Å². The van der Waals surface area contributed by atoms with E-state index in [1.807, 2.05) is 61.2 Å². The minimum Gasteiger partial charge on any atom is -0.368 e. The van der Waals surface area contributed by atoms with E-state index >= 15 is 0 Å². The van der Waals surface area contributed by atoms with Gasteiger partial charge in [0, 0.05) is 44.3 Å². The van der Waals surface area contributed by atoms with Crippen LogP contribution >= 0.6 is 0 Å². The van der Waals surface area contributed by atoms with Crippen molar-refractivity contribution in [1.29, 1.82) is 0 Å². The van der Waals surface area contributed by atoms with Crippen LogP contribution in [-0.2, 0) is 16.0 Å². The first-order valence-corrected chi connectivity index (χ1v) is 9.81. The highest BCUT2D eigenvalue weighted by Gasteiger charge is 2.30. The summed E-state index contributed by atoms with van der Waals surface area (Å²) in [6.45, 7) is 6.80. The quantitative estimate of drug-likeness (QED) is 0.834. The fourth-order valence-corrected chi connectivity index (χ4v) is 3.46. The third kappa shape index (κ3) is 5.09. The number of piperazine rings is 1. The molecule has 0 radical (unpaired) electrons. The predicted molar refractivity (Wildman–Crippen MR) is 110 cm³/mol. The summed E-state index contributed by atoms with van der Waals surface area (Å²) >= 11 is 0. The Labute approximate surface area is 166 Å². The van der Waals surface area contributed by atoms with Gasteiger partial charge in [-0.2, -0.15) is 0 Å². The number of hydrogen-bond donors (Lipinski definition) is 1. The Balaban J connectivity index is 1.57. The van der Waals surface area contributed by atoms with Crippen molar-refractivity contribution in [2.45, 2.75) is 26.3 Å². The maximum atomic E-state index is 13.1. The molecule has 0 aliphatic carbocycles. The summed E-state index contributed by atoms with van der Waals surface area (Å²) in [4.78, 5) is 33.7. The van der Waals surface area contributed by atoms with Gasteiger partial charge in [-0.3, -0.25) is 14.6 Å². The monoisotopic (exact) mass is 380 g/mol. The minimum absolute atomic E-state index is 0.00536. The molecule has 1 aromatic heterocycles. The van der Waals surface area contributed by atoms with Crippen LogP contribution in [-0.4, -0.2) is 53.9 Å². The molecule has 1 fully saturated rings. The molecule has 1 N–H and O–H groups in total. The summed E-state index contributed by atoms with van der Waals surface area (Å²) in [6.07, 6.45) is 3.85. The molecular formula is C22H28N4O2. The van der Waals surface area contributed by atoms with E-state index in [1.165, 1.54) is 0 Å². The molecule has 2 heterocycles. The summed E-state index contributed by atoms with van der Waals surface area (Å²) in [5, 5.41) is 2.95. The Morgan fingerprint density at radius 3 is 2.25 bits per heavy atom. The molecule has 3 rings (SSSR count). The summed E-state index contributed by atoms with van der Waals surface area (Å²) in [5.74, 6) is -0.0788. The molecule has 28 heavy (non-hydrogen) atoms. The lowest BCUT2D eigenvalue weighted by Gasteiger charge is -2.38. The SMILES string of the molecule is CC(C)[C@H](NC(=O)Cc1ccccc1)C(=O)N1CCN(c2ccncc2)CC1. The molecule has 2 aromatic rings. The molecule has 1 atom stereocenters. The molecule has 1 aliphatic heterocycles. The minimum atomic E-state index is -0.497. The van der Waals surface area contributed by atoms with Gasteiger partial charge in [0.15, 0.2) is 0 Å². The number of nitrogens with zero attached hydrogens (tertiary/aromatic N) is 3. The van der Waals surface area contributed by atoms with Crippen LogP contribution in [0.4, 0.5) is 5.69 Å². The Kier molecular flexibility index (Phi) is 6.63. The number of nitrogens with one attached hydrogen (secondary N) is 1. The second-order valence-corrected chi connectivity index (χ2v) is 7.47. The lowest BCUT2D eigenvalue weighted by atomic mass is 10.0. The summed E-state index contributed by atoms with van der Waals surface area (Å²) in [6, 6.07) is 13.1.